The minimum absolute atomic E-state index is 0.0453. The van der Waals surface area contributed by atoms with Crippen LogP contribution < -0.4 is 9.62 Å². The zero-order valence-corrected chi connectivity index (χ0v) is 27.7. The first kappa shape index (κ1) is 33.2. The fourth-order valence-electron chi connectivity index (χ4n) is 4.69. The predicted octanol–water partition coefficient (Wildman–Crippen LogP) is 6.71. The van der Waals surface area contributed by atoms with Gasteiger partial charge < -0.3 is 10.2 Å². The van der Waals surface area contributed by atoms with Gasteiger partial charge in [-0.15, -0.1) is 0 Å². The van der Waals surface area contributed by atoms with E-state index in [0.29, 0.717) is 27.3 Å². The summed E-state index contributed by atoms with van der Waals surface area (Å²) in [5.41, 5.74) is 1.88. The van der Waals surface area contributed by atoms with E-state index < -0.39 is 28.5 Å². The van der Waals surface area contributed by atoms with Gasteiger partial charge in [0, 0.05) is 29.0 Å². The van der Waals surface area contributed by atoms with Gasteiger partial charge in [0.05, 0.1) is 10.6 Å². The first-order chi connectivity index (χ1) is 21.0. The number of rotatable bonds is 13. The number of sulfonamides is 1. The number of hydrogen-bond donors (Lipinski definition) is 1. The fraction of sp³-hybridized carbons (Fsp3) is 0.235. The van der Waals surface area contributed by atoms with Gasteiger partial charge in [0.25, 0.3) is 10.0 Å². The van der Waals surface area contributed by atoms with E-state index in [1.54, 1.807) is 60.7 Å². The van der Waals surface area contributed by atoms with Gasteiger partial charge in [0.15, 0.2) is 0 Å². The smallest absolute Gasteiger partial charge is 0.264 e. The van der Waals surface area contributed by atoms with Gasteiger partial charge in [-0.2, -0.15) is 0 Å². The van der Waals surface area contributed by atoms with Gasteiger partial charge in [-0.3, -0.25) is 13.9 Å². The van der Waals surface area contributed by atoms with E-state index in [-0.39, 0.29) is 29.7 Å². The Morgan fingerprint density at radius 2 is 1.48 bits per heavy atom. The fourth-order valence-corrected chi connectivity index (χ4v) is 6.72. The third-order valence-corrected chi connectivity index (χ3v) is 9.42. The van der Waals surface area contributed by atoms with E-state index in [4.69, 9.17) is 11.6 Å². The molecule has 44 heavy (non-hydrogen) atoms. The molecule has 0 bridgehead atoms. The first-order valence-corrected chi connectivity index (χ1v) is 16.8. The number of nitrogens with zero attached hydrogens (tertiary/aromatic N) is 2. The molecule has 0 fully saturated rings. The van der Waals surface area contributed by atoms with Gasteiger partial charge in [-0.25, -0.2) is 8.42 Å². The summed E-state index contributed by atoms with van der Waals surface area (Å²) in [6.07, 6.45) is 0.236. The Balaban J connectivity index is 1.79. The summed E-state index contributed by atoms with van der Waals surface area (Å²) in [6.45, 7) is 3.92. The topological polar surface area (TPSA) is 86.8 Å². The molecular weight excluding hydrogens is 662 g/mol. The van der Waals surface area contributed by atoms with Crippen LogP contribution in [0.2, 0.25) is 5.02 Å². The van der Waals surface area contributed by atoms with Crippen molar-refractivity contribution in [1.82, 2.24) is 10.2 Å². The maximum Gasteiger partial charge on any atom is 0.264 e. The van der Waals surface area contributed by atoms with Gasteiger partial charge in [0.2, 0.25) is 11.8 Å². The van der Waals surface area contributed by atoms with Crippen molar-refractivity contribution in [3.05, 3.63) is 130 Å². The lowest BCUT2D eigenvalue weighted by Crippen LogP contribution is -2.53. The van der Waals surface area contributed by atoms with Gasteiger partial charge in [-0.1, -0.05) is 108 Å². The second kappa shape index (κ2) is 15.4. The summed E-state index contributed by atoms with van der Waals surface area (Å²) in [5.74, 6) is -0.667. The number of carbonyl (C=O) groups is 2. The summed E-state index contributed by atoms with van der Waals surface area (Å²) in [4.78, 5) is 29.8. The molecular formula is C34H35BrClN3O4S. The van der Waals surface area contributed by atoms with Crippen LogP contribution >= 0.6 is 27.5 Å². The quantitative estimate of drug-likeness (QED) is 0.168. The normalized spacial score (nSPS) is 12.0. The van der Waals surface area contributed by atoms with Crippen molar-refractivity contribution in [3.8, 4) is 0 Å². The maximum atomic E-state index is 14.4. The minimum atomic E-state index is -4.16. The van der Waals surface area contributed by atoms with E-state index in [2.05, 4.69) is 21.2 Å². The number of hydrogen-bond acceptors (Lipinski definition) is 4. The van der Waals surface area contributed by atoms with E-state index in [9.17, 15) is 18.0 Å². The van der Waals surface area contributed by atoms with E-state index in [0.717, 1.165) is 9.87 Å². The lowest BCUT2D eigenvalue weighted by atomic mass is 10.0. The number of anilines is 1. The molecule has 1 unspecified atom stereocenters. The molecule has 1 atom stereocenters. The maximum absolute atomic E-state index is 14.4. The van der Waals surface area contributed by atoms with Crippen LogP contribution in [0, 0.1) is 5.92 Å². The molecule has 10 heteroatoms. The van der Waals surface area contributed by atoms with Crippen LogP contribution in [0.3, 0.4) is 0 Å². The zero-order valence-electron chi connectivity index (χ0n) is 24.6. The van der Waals surface area contributed by atoms with Crippen molar-refractivity contribution in [2.45, 2.75) is 37.8 Å². The predicted molar refractivity (Wildman–Crippen MR) is 179 cm³/mol. The highest BCUT2D eigenvalue weighted by molar-refractivity contribution is 9.10. The minimum Gasteiger partial charge on any atom is -0.354 e. The molecule has 4 aromatic rings. The number of carbonyl (C=O) groups excluding carboxylic acids is 2. The molecule has 4 aromatic carbocycles. The molecule has 4 rings (SSSR count). The Labute approximate surface area is 273 Å². The lowest BCUT2D eigenvalue weighted by molar-refractivity contribution is -0.140. The van der Waals surface area contributed by atoms with Crippen LogP contribution in [0.25, 0.3) is 0 Å². The number of amides is 2. The van der Waals surface area contributed by atoms with E-state index in [1.165, 1.54) is 17.0 Å². The molecule has 1 N–H and O–H groups in total. The molecule has 0 aliphatic carbocycles. The molecule has 0 aliphatic rings. The van der Waals surface area contributed by atoms with Crippen LogP contribution in [-0.2, 0) is 32.6 Å². The van der Waals surface area contributed by atoms with E-state index >= 15 is 0 Å². The second-order valence-electron chi connectivity index (χ2n) is 10.8. The molecule has 0 spiro atoms. The Morgan fingerprint density at radius 1 is 0.841 bits per heavy atom. The van der Waals surface area contributed by atoms with E-state index in [1.807, 2.05) is 50.2 Å². The molecule has 0 saturated carbocycles. The van der Waals surface area contributed by atoms with Crippen molar-refractivity contribution < 1.29 is 18.0 Å². The molecule has 0 aromatic heterocycles. The summed E-state index contributed by atoms with van der Waals surface area (Å²) in [7, 11) is -4.16. The summed E-state index contributed by atoms with van der Waals surface area (Å²) in [5, 5.41) is 3.47. The van der Waals surface area contributed by atoms with Crippen LogP contribution in [0.5, 0.6) is 0 Å². The second-order valence-corrected chi connectivity index (χ2v) is 14.0. The standard InChI is InChI=1S/C34H35BrClN3O4S/c1-25(2)22-37-34(41)32(20-26-11-5-3-6-12-26)38(23-27-13-9-15-29(36)19-27)33(40)24-39(30-16-10-14-28(35)21-30)44(42,43)31-17-7-4-8-18-31/h3-19,21,25,32H,20,22-24H2,1-2H3,(H,37,41). The third-order valence-electron chi connectivity index (χ3n) is 6.90. The molecule has 230 valence electrons. The molecule has 0 heterocycles. The Bertz CT molecular complexity index is 1670. The summed E-state index contributed by atoms with van der Waals surface area (Å²) < 4.78 is 29.8. The molecule has 2 amide bonds. The van der Waals surface area contributed by atoms with Crippen molar-refractivity contribution in [1.29, 1.82) is 0 Å². The van der Waals surface area contributed by atoms with Crippen molar-refractivity contribution in [2.24, 2.45) is 5.92 Å². The largest absolute Gasteiger partial charge is 0.354 e. The Morgan fingerprint density at radius 3 is 2.11 bits per heavy atom. The number of nitrogens with one attached hydrogen (secondary N) is 1. The molecule has 7 nitrogen and oxygen atoms in total. The Hall–Kier alpha value is -3.66. The third kappa shape index (κ3) is 8.94. The number of halogens is 2. The molecule has 0 saturated heterocycles. The summed E-state index contributed by atoms with van der Waals surface area (Å²) >= 11 is 9.72. The lowest BCUT2D eigenvalue weighted by Gasteiger charge is -2.34. The van der Waals surface area contributed by atoms with Crippen LogP contribution in [0.1, 0.15) is 25.0 Å². The Kier molecular flexibility index (Phi) is 11.6. The number of benzene rings is 4. The SMILES string of the molecule is CC(C)CNC(=O)C(Cc1ccccc1)N(Cc1cccc(Cl)c1)C(=O)CN(c1cccc(Br)c1)S(=O)(=O)c1ccccc1. The summed E-state index contributed by atoms with van der Waals surface area (Å²) in [6, 6.07) is 30.3. The van der Waals surface area contributed by atoms with Gasteiger partial charge in [0.1, 0.15) is 12.6 Å². The highest BCUT2D eigenvalue weighted by atomic mass is 79.9. The van der Waals surface area contributed by atoms with Crippen LogP contribution in [-0.4, -0.2) is 44.3 Å². The van der Waals surface area contributed by atoms with Gasteiger partial charge in [-0.05, 0) is 59.5 Å². The van der Waals surface area contributed by atoms with Crippen molar-refractivity contribution in [3.63, 3.8) is 0 Å². The average Bonchev–Trinajstić information content (AvgIpc) is 3.01. The van der Waals surface area contributed by atoms with Crippen molar-refractivity contribution >= 4 is 55.1 Å². The molecule has 0 aliphatic heterocycles. The highest BCUT2D eigenvalue weighted by Crippen LogP contribution is 2.27. The van der Waals surface area contributed by atoms with Crippen LogP contribution in [0.4, 0.5) is 5.69 Å². The van der Waals surface area contributed by atoms with Gasteiger partial charge >= 0.3 is 0 Å². The molecule has 0 radical (unpaired) electrons. The monoisotopic (exact) mass is 695 g/mol. The first-order valence-electron chi connectivity index (χ1n) is 14.2. The van der Waals surface area contributed by atoms with Crippen LogP contribution in [0.15, 0.2) is 119 Å². The average molecular weight is 697 g/mol. The highest BCUT2D eigenvalue weighted by Gasteiger charge is 2.34. The van der Waals surface area contributed by atoms with Crippen molar-refractivity contribution in [2.75, 3.05) is 17.4 Å². The zero-order chi connectivity index (χ0) is 31.7.